The Morgan fingerprint density at radius 3 is 2.32 bits per heavy atom. The Labute approximate surface area is 164 Å². The largest absolute Gasteiger partial charge is 0.361 e. The van der Waals surface area contributed by atoms with E-state index in [0.29, 0.717) is 19.2 Å². The van der Waals surface area contributed by atoms with Crippen LogP contribution in [0.2, 0.25) is 5.02 Å². The molecule has 0 saturated carbocycles. The molecule has 2 saturated heterocycles. The highest BCUT2D eigenvalue weighted by molar-refractivity contribution is 8.93. The molecular weight excluding hydrogens is 402 g/mol. The third-order valence-electron chi connectivity index (χ3n) is 5.19. The second-order valence-corrected chi connectivity index (χ2v) is 7.24. The average Bonchev–Trinajstić information content (AvgIpc) is 2.62. The summed E-state index contributed by atoms with van der Waals surface area (Å²) in [7, 11) is 0. The molecule has 2 heterocycles. The number of morpholine rings is 1. The highest BCUT2D eigenvalue weighted by atomic mass is 79.9. The first kappa shape index (κ1) is 18.9. The number of aliphatic hydroxyl groups is 1. The molecule has 5 heteroatoms. The monoisotopic (exact) mass is 423 g/mol. The summed E-state index contributed by atoms with van der Waals surface area (Å²) in [5.74, 6) is -1.20. The fourth-order valence-corrected chi connectivity index (χ4v) is 3.88. The lowest BCUT2D eigenvalue weighted by Gasteiger charge is -2.46. The Morgan fingerprint density at radius 1 is 1.00 bits per heavy atom. The van der Waals surface area contributed by atoms with E-state index < -0.39 is 5.79 Å². The van der Waals surface area contributed by atoms with Crippen LogP contribution in [0.15, 0.2) is 48.5 Å². The molecule has 2 unspecified atom stereocenters. The van der Waals surface area contributed by atoms with E-state index in [1.165, 1.54) is 19.3 Å². The van der Waals surface area contributed by atoms with Crippen LogP contribution in [0.1, 0.15) is 24.8 Å². The molecule has 0 radical (unpaired) electrons. The first-order chi connectivity index (χ1) is 11.6. The maximum Gasteiger partial charge on any atom is 0.205 e. The van der Waals surface area contributed by atoms with Crippen molar-refractivity contribution in [1.29, 1.82) is 0 Å². The first-order valence-corrected chi connectivity index (χ1v) is 8.99. The van der Waals surface area contributed by atoms with Crippen LogP contribution in [0.3, 0.4) is 0 Å². The second-order valence-electron chi connectivity index (χ2n) is 6.80. The molecule has 2 aliphatic rings. The molecule has 2 aromatic rings. The minimum Gasteiger partial charge on any atom is -0.361 e. The minimum atomic E-state index is -1.20. The van der Waals surface area contributed by atoms with Crippen LogP contribution in [-0.4, -0.2) is 35.7 Å². The molecular formula is C20H23BrClNO2. The van der Waals surface area contributed by atoms with E-state index in [2.05, 4.69) is 4.90 Å². The summed E-state index contributed by atoms with van der Waals surface area (Å²) in [6, 6.07) is 16.2. The van der Waals surface area contributed by atoms with Crippen molar-refractivity contribution in [2.24, 2.45) is 0 Å². The average molecular weight is 425 g/mol. The van der Waals surface area contributed by atoms with E-state index in [9.17, 15) is 5.11 Å². The van der Waals surface area contributed by atoms with Gasteiger partial charge in [-0.2, -0.15) is 0 Å². The number of nitrogens with zero attached hydrogens (tertiary/aromatic N) is 1. The number of benzene rings is 2. The number of fused-ring (bicyclic) bond motifs is 1. The lowest BCUT2D eigenvalue weighted by Crippen LogP contribution is -2.56. The topological polar surface area (TPSA) is 32.7 Å². The quantitative estimate of drug-likeness (QED) is 0.764. The van der Waals surface area contributed by atoms with E-state index in [0.717, 1.165) is 28.3 Å². The Hall–Kier alpha value is -0.910. The molecule has 0 amide bonds. The number of halogens is 2. The van der Waals surface area contributed by atoms with Gasteiger partial charge in [0.15, 0.2) is 0 Å². The van der Waals surface area contributed by atoms with E-state index in [1.807, 2.05) is 48.5 Å². The summed E-state index contributed by atoms with van der Waals surface area (Å²) < 4.78 is 5.88. The van der Waals surface area contributed by atoms with Crippen LogP contribution in [0.4, 0.5) is 0 Å². The molecule has 1 N–H and O–H groups in total. The van der Waals surface area contributed by atoms with E-state index >= 15 is 0 Å². The second kappa shape index (κ2) is 7.77. The third-order valence-corrected chi connectivity index (χ3v) is 5.45. The summed E-state index contributed by atoms with van der Waals surface area (Å²) in [5.41, 5.74) is 3.04. The minimum absolute atomic E-state index is 0. The summed E-state index contributed by atoms with van der Waals surface area (Å²) >= 11 is 5.95. The SMILES string of the molecule is Br.OC1(c2ccc(-c3ccc(Cl)cc3)cc2)CN2CCCCC2CO1. The molecule has 2 aliphatic heterocycles. The van der Waals surface area contributed by atoms with Gasteiger partial charge in [-0.15, -0.1) is 17.0 Å². The summed E-state index contributed by atoms with van der Waals surface area (Å²) in [6.45, 7) is 2.21. The lowest BCUT2D eigenvalue weighted by molar-refractivity contribution is -0.264. The van der Waals surface area contributed by atoms with Gasteiger partial charge in [0.05, 0.1) is 13.2 Å². The van der Waals surface area contributed by atoms with E-state index in [1.54, 1.807) is 0 Å². The van der Waals surface area contributed by atoms with Gasteiger partial charge in [0.1, 0.15) is 0 Å². The smallest absolute Gasteiger partial charge is 0.205 e. The van der Waals surface area contributed by atoms with Crippen LogP contribution in [0, 0.1) is 0 Å². The number of ether oxygens (including phenoxy) is 1. The number of piperidine rings is 1. The van der Waals surface area contributed by atoms with Crippen molar-refractivity contribution in [1.82, 2.24) is 4.90 Å². The van der Waals surface area contributed by atoms with Gasteiger partial charge in [0.25, 0.3) is 0 Å². The molecule has 0 aromatic heterocycles. The van der Waals surface area contributed by atoms with Crippen LogP contribution in [0.25, 0.3) is 11.1 Å². The van der Waals surface area contributed by atoms with Gasteiger partial charge >= 0.3 is 0 Å². The van der Waals surface area contributed by atoms with Gasteiger partial charge in [0.2, 0.25) is 5.79 Å². The molecule has 4 rings (SSSR count). The van der Waals surface area contributed by atoms with Gasteiger partial charge in [-0.1, -0.05) is 54.4 Å². The highest BCUT2D eigenvalue weighted by Gasteiger charge is 2.41. The molecule has 0 bridgehead atoms. The number of hydrogen-bond acceptors (Lipinski definition) is 3. The lowest BCUT2D eigenvalue weighted by atomic mass is 9.95. The molecule has 2 fully saturated rings. The van der Waals surface area contributed by atoms with Crippen molar-refractivity contribution in [3.8, 4) is 11.1 Å². The molecule has 2 atom stereocenters. The van der Waals surface area contributed by atoms with Gasteiger partial charge < -0.3 is 9.84 Å². The zero-order chi connectivity index (χ0) is 16.6. The van der Waals surface area contributed by atoms with E-state index in [-0.39, 0.29) is 17.0 Å². The van der Waals surface area contributed by atoms with Crippen LogP contribution >= 0.6 is 28.6 Å². The Morgan fingerprint density at radius 2 is 1.64 bits per heavy atom. The van der Waals surface area contributed by atoms with Crippen molar-refractivity contribution >= 4 is 28.6 Å². The van der Waals surface area contributed by atoms with Crippen molar-refractivity contribution in [2.75, 3.05) is 19.7 Å². The van der Waals surface area contributed by atoms with E-state index in [4.69, 9.17) is 16.3 Å². The summed E-state index contributed by atoms with van der Waals surface area (Å²) in [5, 5.41) is 11.7. The molecule has 0 aliphatic carbocycles. The standard InChI is InChI=1S/C20H22ClNO2.BrH/c21-18-10-6-16(7-11-18)15-4-8-17(9-5-15)20(23)14-22-12-2-1-3-19(22)13-24-20;/h4-11,19,23H,1-3,12-14H2;1H. The molecule has 3 nitrogen and oxygen atoms in total. The first-order valence-electron chi connectivity index (χ1n) is 8.61. The number of rotatable bonds is 2. The normalized spacial score (nSPS) is 26.6. The predicted octanol–water partition coefficient (Wildman–Crippen LogP) is 4.61. The highest BCUT2D eigenvalue weighted by Crippen LogP contribution is 2.33. The zero-order valence-corrected chi connectivity index (χ0v) is 16.5. The van der Waals surface area contributed by atoms with Crippen LogP contribution in [0.5, 0.6) is 0 Å². The predicted molar refractivity (Wildman–Crippen MR) is 106 cm³/mol. The fourth-order valence-electron chi connectivity index (χ4n) is 3.75. The Bertz CT molecular complexity index is 707. The van der Waals surface area contributed by atoms with Crippen molar-refractivity contribution in [2.45, 2.75) is 31.1 Å². The van der Waals surface area contributed by atoms with Gasteiger partial charge in [-0.3, -0.25) is 4.90 Å². The summed E-state index contributed by atoms with van der Waals surface area (Å²) in [6.07, 6.45) is 3.65. The fraction of sp³-hybridized carbons (Fsp3) is 0.400. The van der Waals surface area contributed by atoms with Gasteiger partial charge in [-0.25, -0.2) is 0 Å². The molecule has 2 aromatic carbocycles. The van der Waals surface area contributed by atoms with Gasteiger partial charge in [0, 0.05) is 16.6 Å². The van der Waals surface area contributed by atoms with Gasteiger partial charge in [-0.05, 0) is 42.6 Å². The zero-order valence-electron chi connectivity index (χ0n) is 14.0. The maximum atomic E-state index is 11.0. The molecule has 25 heavy (non-hydrogen) atoms. The number of hydrogen-bond donors (Lipinski definition) is 1. The Kier molecular flexibility index (Phi) is 5.86. The maximum absolute atomic E-state index is 11.0. The van der Waals surface area contributed by atoms with Crippen molar-refractivity contribution < 1.29 is 9.84 Å². The van der Waals surface area contributed by atoms with Crippen LogP contribution in [-0.2, 0) is 10.5 Å². The van der Waals surface area contributed by atoms with Crippen molar-refractivity contribution in [3.63, 3.8) is 0 Å². The third kappa shape index (κ3) is 3.93. The van der Waals surface area contributed by atoms with Crippen molar-refractivity contribution in [3.05, 3.63) is 59.1 Å². The van der Waals surface area contributed by atoms with Crippen LogP contribution < -0.4 is 0 Å². The molecule has 134 valence electrons. The Balaban J connectivity index is 0.00000182. The molecule has 0 spiro atoms. The summed E-state index contributed by atoms with van der Waals surface area (Å²) in [4.78, 5) is 2.38.